The highest BCUT2D eigenvalue weighted by atomic mass is 32.2. The molecule has 0 aliphatic rings. The number of carbonyl (C=O) groups is 1. The number of benzene rings is 1. The van der Waals surface area contributed by atoms with Gasteiger partial charge in [-0.05, 0) is 36.1 Å². The van der Waals surface area contributed by atoms with E-state index < -0.39 is 5.82 Å². The van der Waals surface area contributed by atoms with E-state index in [-0.39, 0.29) is 12.5 Å². The summed E-state index contributed by atoms with van der Waals surface area (Å²) in [5, 5.41) is 2.85. The summed E-state index contributed by atoms with van der Waals surface area (Å²) >= 11 is 1.74. The lowest BCUT2D eigenvalue weighted by Gasteiger charge is -2.12. The number of rotatable bonds is 5. The SMILES string of the molecule is CSCC(C)CNC(=O)c1ccc(F)cc1C#CCN. The summed E-state index contributed by atoms with van der Waals surface area (Å²) in [7, 11) is 0. The van der Waals surface area contributed by atoms with Crippen LogP contribution in [-0.2, 0) is 0 Å². The number of thioether (sulfide) groups is 1. The van der Waals surface area contributed by atoms with Gasteiger partial charge in [-0.3, -0.25) is 4.79 Å². The lowest BCUT2D eigenvalue weighted by Crippen LogP contribution is -2.29. The van der Waals surface area contributed by atoms with Gasteiger partial charge in [0.1, 0.15) is 5.82 Å². The first kappa shape index (κ1) is 16.5. The highest BCUT2D eigenvalue weighted by molar-refractivity contribution is 7.98. The van der Waals surface area contributed by atoms with Gasteiger partial charge in [0.2, 0.25) is 0 Å². The Hall–Kier alpha value is -1.51. The van der Waals surface area contributed by atoms with Crippen LogP contribution in [0.3, 0.4) is 0 Å². The monoisotopic (exact) mass is 294 g/mol. The Labute approximate surface area is 123 Å². The third-order valence-electron chi connectivity index (χ3n) is 2.61. The molecule has 1 aromatic carbocycles. The molecule has 1 amide bonds. The molecule has 0 aliphatic carbocycles. The van der Waals surface area contributed by atoms with Crippen molar-refractivity contribution >= 4 is 17.7 Å². The molecule has 0 fully saturated rings. The van der Waals surface area contributed by atoms with Crippen LogP contribution in [0.4, 0.5) is 4.39 Å². The Bertz CT molecular complexity index is 522. The van der Waals surface area contributed by atoms with E-state index in [0.717, 1.165) is 5.75 Å². The van der Waals surface area contributed by atoms with Gasteiger partial charge in [0.25, 0.3) is 5.91 Å². The summed E-state index contributed by atoms with van der Waals surface area (Å²) in [6.45, 7) is 2.82. The summed E-state index contributed by atoms with van der Waals surface area (Å²) in [4.78, 5) is 12.1. The highest BCUT2D eigenvalue weighted by Crippen LogP contribution is 2.11. The molecule has 0 saturated carbocycles. The van der Waals surface area contributed by atoms with E-state index >= 15 is 0 Å². The average molecular weight is 294 g/mol. The lowest BCUT2D eigenvalue weighted by molar-refractivity contribution is 0.0949. The van der Waals surface area contributed by atoms with Gasteiger partial charge in [-0.15, -0.1) is 0 Å². The van der Waals surface area contributed by atoms with Gasteiger partial charge in [-0.1, -0.05) is 18.8 Å². The summed E-state index contributed by atoms with van der Waals surface area (Å²) in [6.07, 6.45) is 2.03. The van der Waals surface area contributed by atoms with Crippen molar-refractivity contribution < 1.29 is 9.18 Å². The summed E-state index contributed by atoms with van der Waals surface area (Å²) in [5.74, 6) is 6.07. The van der Waals surface area contributed by atoms with Crippen molar-refractivity contribution in [2.45, 2.75) is 6.92 Å². The van der Waals surface area contributed by atoms with Crippen molar-refractivity contribution in [1.82, 2.24) is 5.32 Å². The molecule has 1 unspecified atom stereocenters. The maximum atomic E-state index is 13.2. The number of carbonyl (C=O) groups excluding carboxylic acids is 1. The van der Waals surface area contributed by atoms with E-state index in [9.17, 15) is 9.18 Å². The van der Waals surface area contributed by atoms with Crippen LogP contribution < -0.4 is 11.1 Å². The van der Waals surface area contributed by atoms with Crippen LogP contribution in [0.1, 0.15) is 22.8 Å². The minimum Gasteiger partial charge on any atom is -0.352 e. The molecule has 1 rings (SSSR count). The second-order valence-corrected chi connectivity index (χ2v) is 5.38. The van der Waals surface area contributed by atoms with Crippen molar-refractivity contribution in [3.05, 3.63) is 35.1 Å². The van der Waals surface area contributed by atoms with E-state index in [0.29, 0.717) is 23.6 Å². The molecule has 3 N–H and O–H groups in total. The van der Waals surface area contributed by atoms with Crippen LogP contribution in [0.25, 0.3) is 0 Å². The largest absolute Gasteiger partial charge is 0.352 e. The topological polar surface area (TPSA) is 55.1 Å². The van der Waals surface area contributed by atoms with Crippen molar-refractivity contribution in [2.24, 2.45) is 11.7 Å². The molecule has 5 heteroatoms. The quantitative estimate of drug-likeness (QED) is 0.815. The Balaban J connectivity index is 2.81. The number of nitrogens with one attached hydrogen (secondary N) is 1. The lowest BCUT2D eigenvalue weighted by atomic mass is 10.1. The predicted molar refractivity (Wildman–Crippen MR) is 82.2 cm³/mol. The molecule has 108 valence electrons. The van der Waals surface area contributed by atoms with Crippen LogP contribution in [0.15, 0.2) is 18.2 Å². The fourth-order valence-corrected chi connectivity index (χ4v) is 2.36. The zero-order valence-electron chi connectivity index (χ0n) is 11.7. The van der Waals surface area contributed by atoms with Gasteiger partial charge >= 0.3 is 0 Å². The number of halogens is 1. The molecular weight excluding hydrogens is 275 g/mol. The third-order valence-corrected chi connectivity index (χ3v) is 3.52. The Morgan fingerprint density at radius 2 is 2.30 bits per heavy atom. The van der Waals surface area contributed by atoms with Crippen LogP contribution in [0, 0.1) is 23.6 Å². The van der Waals surface area contributed by atoms with Gasteiger partial charge in [-0.25, -0.2) is 4.39 Å². The molecule has 0 bridgehead atoms. The Kier molecular flexibility index (Phi) is 7.13. The number of hydrogen-bond acceptors (Lipinski definition) is 3. The second-order valence-electron chi connectivity index (χ2n) is 4.47. The van der Waals surface area contributed by atoms with Crippen molar-refractivity contribution in [2.75, 3.05) is 25.1 Å². The summed E-state index contributed by atoms with van der Waals surface area (Å²) < 4.78 is 13.2. The predicted octanol–water partition coefficient (Wildman–Crippen LogP) is 1.86. The molecule has 20 heavy (non-hydrogen) atoms. The second kappa shape index (κ2) is 8.62. The Morgan fingerprint density at radius 3 is 2.95 bits per heavy atom. The van der Waals surface area contributed by atoms with Gasteiger partial charge in [0.15, 0.2) is 0 Å². The summed E-state index contributed by atoms with van der Waals surface area (Å²) in [6, 6.07) is 3.96. The maximum absolute atomic E-state index is 13.2. The molecule has 0 aromatic heterocycles. The minimum atomic E-state index is -0.418. The zero-order chi connectivity index (χ0) is 15.0. The van der Waals surface area contributed by atoms with Gasteiger partial charge < -0.3 is 11.1 Å². The maximum Gasteiger partial charge on any atom is 0.252 e. The highest BCUT2D eigenvalue weighted by Gasteiger charge is 2.12. The van der Waals surface area contributed by atoms with E-state index in [1.807, 2.05) is 6.26 Å². The standard InChI is InChI=1S/C15H19FN2OS/c1-11(10-20-2)9-18-15(19)14-6-5-13(16)8-12(14)4-3-7-17/h5-6,8,11H,7,9-10,17H2,1-2H3,(H,18,19). The van der Waals surface area contributed by atoms with Crippen LogP contribution in [0.2, 0.25) is 0 Å². The van der Waals surface area contributed by atoms with Crippen molar-refractivity contribution in [3.63, 3.8) is 0 Å². The minimum absolute atomic E-state index is 0.169. The zero-order valence-corrected chi connectivity index (χ0v) is 12.5. The molecule has 0 spiro atoms. The summed E-state index contributed by atoms with van der Waals surface area (Å²) in [5.41, 5.74) is 6.05. The fourth-order valence-electron chi connectivity index (χ4n) is 1.67. The number of amides is 1. The fraction of sp³-hybridized carbons (Fsp3) is 0.400. The van der Waals surface area contributed by atoms with Crippen molar-refractivity contribution in [1.29, 1.82) is 0 Å². The number of hydrogen-bond donors (Lipinski definition) is 2. The molecule has 0 heterocycles. The molecule has 0 aliphatic heterocycles. The number of nitrogens with two attached hydrogens (primary N) is 1. The van der Waals surface area contributed by atoms with Gasteiger partial charge in [0, 0.05) is 12.1 Å². The first-order valence-corrected chi connectivity index (χ1v) is 7.73. The van der Waals surface area contributed by atoms with E-state index in [4.69, 9.17) is 5.73 Å². The van der Waals surface area contributed by atoms with E-state index in [2.05, 4.69) is 24.1 Å². The third kappa shape index (κ3) is 5.24. The molecule has 3 nitrogen and oxygen atoms in total. The molecule has 1 atom stereocenters. The van der Waals surface area contributed by atoms with Gasteiger partial charge in [-0.2, -0.15) is 11.8 Å². The molecule has 0 saturated heterocycles. The van der Waals surface area contributed by atoms with Crippen LogP contribution in [0.5, 0.6) is 0 Å². The first-order valence-electron chi connectivity index (χ1n) is 6.34. The van der Waals surface area contributed by atoms with Crippen LogP contribution in [-0.4, -0.2) is 31.0 Å². The van der Waals surface area contributed by atoms with Crippen molar-refractivity contribution in [3.8, 4) is 11.8 Å². The smallest absolute Gasteiger partial charge is 0.252 e. The van der Waals surface area contributed by atoms with E-state index in [1.165, 1.54) is 18.2 Å². The average Bonchev–Trinajstić information content (AvgIpc) is 2.43. The molecule has 1 aromatic rings. The Morgan fingerprint density at radius 1 is 1.55 bits per heavy atom. The van der Waals surface area contributed by atoms with Gasteiger partial charge in [0.05, 0.1) is 12.1 Å². The molecular formula is C15H19FN2OS. The first-order chi connectivity index (χ1) is 9.58. The molecule has 0 radical (unpaired) electrons. The normalized spacial score (nSPS) is 11.4. The van der Waals surface area contributed by atoms with E-state index in [1.54, 1.807) is 11.8 Å². The van der Waals surface area contributed by atoms with Crippen LogP contribution >= 0.6 is 11.8 Å².